The Morgan fingerprint density at radius 3 is 2.24 bits per heavy atom. The number of carbonyl (C=O) groups is 1. The van der Waals surface area contributed by atoms with Crippen LogP contribution in [0.5, 0.6) is 0 Å². The first-order valence-corrected chi connectivity index (χ1v) is 7.51. The highest BCUT2D eigenvalue weighted by Crippen LogP contribution is 2.22. The van der Waals surface area contributed by atoms with E-state index >= 15 is 0 Å². The maximum Gasteiger partial charge on any atom is 0.225 e. The highest BCUT2D eigenvalue weighted by atomic mass is 35.5. The number of hydrogen-bond acceptors (Lipinski definition) is 3. The van der Waals surface area contributed by atoms with Crippen LogP contribution in [-0.4, -0.2) is 26.3 Å². The summed E-state index contributed by atoms with van der Waals surface area (Å²) in [7, 11) is -3.14. The van der Waals surface area contributed by atoms with Crippen LogP contribution in [0, 0.1) is 0 Å². The molecule has 4 nitrogen and oxygen atoms in total. The number of halogens is 2. The summed E-state index contributed by atoms with van der Waals surface area (Å²) in [6.45, 7) is 0. The zero-order valence-electron chi connectivity index (χ0n) is 9.04. The molecule has 1 aromatic carbocycles. The predicted molar refractivity (Wildman–Crippen MR) is 69.4 cm³/mol. The van der Waals surface area contributed by atoms with Crippen LogP contribution in [0.2, 0.25) is 10.0 Å². The van der Waals surface area contributed by atoms with Crippen molar-refractivity contribution >= 4 is 44.6 Å². The molecule has 0 aliphatic rings. The second-order valence-electron chi connectivity index (χ2n) is 3.59. The van der Waals surface area contributed by atoms with Crippen molar-refractivity contribution in [2.45, 2.75) is 6.42 Å². The molecule has 17 heavy (non-hydrogen) atoms. The van der Waals surface area contributed by atoms with Gasteiger partial charge in [0.2, 0.25) is 5.91 Å². The molecule has 7 heteroatoms. The lowest BCUT2D eigenvalue weighted by atomic mass is 10.3. The Kier molecular flexibility index (Phi) is 4.80. The van der Waals surface area contributed by atoms with Gasteiger partial charge in [-0.2, -0.15) is 0 Å². The van der Waals surface area contributed by atoms with E-state index in [0.29, 0.717) is 15.7 Å². The molecule has 0 saturated carbocycles. The number of rotatable bonds is 4. The fourth-order valence-corrected chi connectivity index (χ4v) is 2.21. The lowest BCUT2D eigenvalue weighted by Crippen LogP contribution is -2.16. The lowest BCUT2D eigenvalue weighted by molar-refractivity contribution is -0.115. The summed E-state index contributed by atoms with van der Waals surface area (Å²) in [5.74, 6) is -0.582. The first-order chi connectivity index (χ1) is 7.76. The van der Waals surface area contributed by atoms with E-state index in [4.69, 9.17) is 23.2 Å². The fourth-order valence-electron chi connectivity index (χ4n) is 1.13. The molecule has 1 N–H and O–H groups in total. The standard InChI is InChI=1S/C10H11Cl2NO3S/c1-17(15,16)3-2-10(14)13-9-5-7(11)4-8(12)6-9/h4-6H,2-3H2,1H3,(H,13,14). The number of amides is 1. The molecule has 0 unspecified atom stereocenters. The molecule has 1 amide bonds. The van der Waals surface area contributed by atoms with E-state index in [1.54, 1.807) is 0 Å². The third-order valence-corrected chi connectivity index (χ3v) is 3.23. The molecular weight excluding hydrogens is 285 g/mol. The van der Waals surface area contributed by atoms with Gasteiger partial charge in [-0.05, 0) is 18.2 Å². The topological polar surface area (TPSA) is 63.2 Å². The van der Waals surface area contributed by atoms with E-state index in [-0.39, 0.29) is 12.2 Å². The average molecular weight is 296 g/mol. The maximum absolute atomic E-state index is 11.4. The van der Waals surface area contributed by atoms with Crippen molar-refractivity contribution in [3.63, 3.8) is 0 Å². The third kappa shape index (κ3) is 5.91. The number of anilines is 1. The van der Waals surface area contributed by atoms with Crippen molar-refractivity contribution < 1.29 is 13.2 Å². The summed E-state index contributed by atoms with van der Waals surface area (Å²) in [6, 6.07) is 4.60. The van der Waals surface area contributed by atoms with E-state index in [0.717, 1.165) is 6.26 Å². The molecule has 0 aliphatic heterocycles. The van der Waals surface area contributed by atoms with Crippen LogP contribution in [-0.2, 0) is 14.6 Å². The third-order valence-electron chi connectivity index (χ3n) is 1.85. The molecule has 94 valence electrons. The molecule has 0 spiro atoms. The largest absolute Gasteiger partial charge is 0.326 e. The van der Waals surface area contributed by atoms with Crippen LogP contribution < -0.4 is 5.32 Å². The predicted octanol–water partition coefficient (Wildman–Crippen LogP) is 2.37. The minimum absolute atomic E-state index is 0.0943. The molecule has 0 atom stereocenters. The number of sulfone groups is 1. The van der Waals surface area contributed by atoms with Crippen molar-refractivity contribution in [2.24, 2.45) is 0 Å². The van der Waals surface area contributed by atoms with Crippen LogP contribution in [0.1, 0.15) is 6.42 Å². The quantitative estimate of drug-likeness (QED) is 0.927. The van der Waals surface area contributed by atoms with Gasteiger partial charge in [-0.1, -0.05) is 23.2 Å². The summed E-state index contributed by atoms with van der Waals surface area (Å²) in [5, 5.41) is 3.32. The van der Waals surface area contributed by atoms with Crippen molar-refractivity contribution in [3.05, 3.63) is 28.2 Å². The Hall–Kier alpha value is -0.780. The van der Waals surface area contributed by atoms with E-state index in [2.05, 4.69) is 5.32 Å². The first-order valence-electron chi connectivity index (χ1n) is 4.70. The summed E-state index contributed by atoms with van der Waals surface area (Å²) < 4.78 is 21.7. The van der Waals surface area contributed by atoms with Crippen LogP contribution in [0.25, 0.3) is 0 Å². The van der Waals surface area contributed by atoms with Gasteiger partial charge in [0, 0.05) is 28.4 Å². The molecule has 1 aromatic rings. The molecule has 0 fully saturated rings. The zero-order valence-corrected chi connectivity index (χ0v) is 11.4. The Morgan fingerprint density at radius 1 is 1.24 bits per heavy atom. The minimum atomic E-state index is -3.14. The van der Waals surface area contributed by atoms with Gasteiger partial charge in [-0.25, -0.2) is 8.42 Å². The van der Waals surface area contributed by atoms with Crippen LogP contribution in [0.4, 0.5) is 5.69 Å². The van der Waals surface area contributed by atoms with Crippen molar-refractivity contribution in [2.75, 3.05) is 17.3 Å². The van der Waals surface area contributed by atoms with Gasteiger partial charge in [0.15, 0.2) is 0 Å². The van der Waals surface area contributed by atoms with Crippen LogP contribution in [0.15, 0.2) is 18.2 Å². The van der Waals surface area contributed by atoms with Crippen molar-refractivity contribution in [1.82, 2.24) is 0 Å². The fraction of sp³-hybridized carbons (Fsp3) is 0.300. The Bertz CT molecular complexity index is 508. The van der Waals surface area contributed by atoms with Gasteiger partial charge in [0.05, 0.1) is 5.75 Å². The first kappa shape index (κ1) is 14.3. The van der Waals surface area contributed by atoms with E-state index in [1.165, 1.54) is 18.2 Å². The molecule has 0 saturated heterocycles. The Morgan fingerprint density at radius 2 is 1.76 bits per heavy atom. The van der Waals surface area contributed by atoms with Gasteiger partial charge < -0.3 is 5.32 Å². The lowest BCUT2D eigenvalue weighted by Gasteiger charge is -2.05. The normalized spacial score (nSPS) is 11.2. The van der Waals surface area contributed by atoms with E-state index < -0.39 is 15.7 Å². The second kappa shape index (κ2) is 5.71. The molecule has 0 heterocycles. The number of carbonyl (C=O) groups excluding carboxylic acids is 1. The zero-order chi connectivity index (χ0) is 13.1. The van der Waals surface area contributed by atoms with Gasteiger partial charge in [-0.15, -0.1) is 0 Å². The van der Waals surface area contributed by atoms with Gasteiger partial charge in [0.1, 0.15) is 9.84 Å². The smallest absolute Gasteiger partial charge is 0.225 e. The molecular formula is C10H11Cl2NO3S. The summed E-state index contributed by atoms with van der Waals surface area (Å²) in [4.78, 5) is 11.4. The number of hydrogen-bond donors (Lipinski definition) is 1. The summed E-state index contributed by atoms with van der Waals surface area (Å²) in [6.07, 6.45) is 0.986. The van der Waals surface area contributed by atoms with Gasteiger partial charge in [0.25, 0.3) is 0 Å². The SMILES string of the molecule is CS(=O)(=O)CCC(=O)Nc1cc(Cl)cc(Cl)c1. The highest BCUT2D eigenvalue weighted by Gasteiger charge is 2.08. The van der Waals surface area contributed by atoms with Gasteiger partial charge >= 0.3 is 0 Å². The minimum Gasteiger partial charge on any atom is -0.326 e. The van der Waals surface area contributed by atoms with Gasteiger partial charge in [-0.3, -0.25) is 4.79 Å². The van der Waals surface area contributed by atoms with E-state index in [9.17, 15) is 13.2 Å². The van der Waals surface area contributed by atoms with Crippen LogP contribution >= 0.6 is 23.2 Å². The molecule has 0 aliphatic carbocycles. The highest BCUT2D eigenvalue weighted by molar-refractivity contribution is 7.90. The monoisotopic (exact) mass is 295 g/mol. The summed E-state index contributed by atoms with van der Waals surface area (Å²) >= 11 is 11.5. The Balaban J connectivity index is 2.62. The summed E-state index contributed by atoms with van der Waals surface area (Å²) in [5.41, 5.74) is 0.445. The van der Waals surface area contributed by atoms with Crippen LogP contribution in [0.3, 0.4) is 0 Å². The molecule has 1 rings (SSSR count). The number of nitrogens with one attached hydrogen (secondary N) is 1. The second-order valence-corrected chi connectivity index (χ2v) is 6.72. The molecule has 0 radical (unpaired) electrons. The Labute approximate surface area is 110 Å². The maximum atomic E-state index is 11.4. The average Bonchev–Trinajstić information content (AvgIpc) is 2.11. The number of benzene rings is 1. The molecule has 0 bridgehead atoms. The van der Waals surface area contributed by atoms with Crippen molar-refractivity contribution in [1.29, 1.82) is 0 Å². The van der Waals surface area contributed by atoms with E-state index in [1.807, 2.05) is 0 Å². The van der Waals surface area contributed by atoms with Crippen molar-refractivity contribution in [3.8, 4) is 0 Å². The molecule has 0 aromatic heterocycles.